The van der Waals surface area contributed by atoms with Crippen molar-refractivity contribution in [1.29, 1.82) is 0 Å². The number of nitrogens with zero attached hydrogens (tertiary/aromatic N) is 1. The molecule has 1 amide bonds. The van der Waals surface area contributed by atoms with Crippen LogP contribution in [-0.2, 0) is 4.79 Å². The maximum atomic E-state index is 13.0. The molecule has 0 atom stereocenters. The number of benzene rings is 1. The van der Waals surface area contributed by atoms with E-state index in [1.165, 1.54) is 18.3 Å². The fraction of sp³-hybridized carbons (Fsp3) is 0.556. The van der Waals surface area contributed by atoms with E-state index in [9.17, 15) is 9.18 Å². The molecule has 3 nitrogen and oxygen atoms in total. The Kier molecular flexibility index (Phi) is 5.33. The normalized spacial score (nSPS) is 22.7. The largest absolute Gasteiger partial charge is 0.273 e. The van der Waals surface area contributed by atoms with Crippen LogP contribution in [0.5, 0.6) is 0 Å². The number of carbonyl (C=O) groups is 1. The monoisotopic (exact) mass is 304 g/mol. The van der Waals surface area contributed by atoms with E-state index in [0.29, 0.717) is 16.9 Å². The van der Waals surface area contributed by atoms with Crippen LogP contribution in [0, 0.1) is 23.1 Å². The molecule has 0 unspecified atom stereocenters. The van der Waals surface area contributed by atoms with E-state index >= 15 is 0 Å². The number of hydrogen-bond acceptors (Lipinski definition) is 2. The summed E-state index contributed by atoms with van der Waals surface area (Å²) in [6, 6.07) is 6.12. The lowest BCUT2D eigenvalue weighted by atomic mass is 9.70. The molecule has 1 aromatic carbocycles. The van der Waals surface area contributed by atoms with E-state index in [-0.39, 0.29) is 17.6 Å². The molecule has 0 bridgehead atoms. The van der Waals surface area contributed by atoms with Crippen molar-refractivity contribution in [2.45, 2.75) is 46.5 Å². The number of hydrogen-bond donors (Lipinski definition) is 1. The summed E-state index contributed by atoms with van der Waals surface area (Å²) < 4.78 is 13.0. The summed E-state index contributed by atoms with van der Waals surface area (Å²) in [5.41, 5.74) is 3.53. The number of carbonyl (C=O) groups excluding carboxylic acids is 1. The van der Waals surface area contributed by atoms with Gasteiger partial charge < -0.3 is 0 Å². The summed E-state index contributed by atoms with van der Waals surface area (Å²) in [6.07, 6.45) is 5.50. The van der Waals surface area contributed by atoms with Gasteiger partial charge in [-0.25, -0.2) is 9.82 Å². The number of amides is 1. The Morgan fingerprint density at radius 1 is 1.27 bits per heavy atom. The Morgan fingerprint density at radius 3 is 2.55 bits per heavy atom. The molecule has 0 spiro atoms. The van der Waals surface area contributed by atoms with E-state index in [1.807, 2.05) is 0 Å². The fourth-order valence-corrected chi connectivity index (χ4v) is 3.07. The summed E-state index contributed by atoms with van der Waals surface area (Å²) >= 11 is 0. The lowest BCUT2D eigenvalue weighted by Crippen LogP contribution is -2.33. The zero-order chi connectivity index (χ0) is 16.2. The van der Waals surface area contributed by atoms with Crippen molar-refractivity contribution >= 4 is 12.1 Å². The van der Waals surface area contributed by atoms with Crippen LogP contribution in [-0.4, -0.2) is 12.1 Å². The second kappa shape index (κ2) is 7.03. The summed E-state index contributed by atoms with van der Waals surface area (Å²) in [6.45, 7) is 6.80. The highest BCUT2D eigenvalue weighted by molar-refractivity contribution is 5.83. The zero-order valence-electron chi connectivity index (χ0n) is 13.6. The summed E-state index contributed by atoms with van der Waals surface area (Å²) in [4.78, 5) is 12.1. The van der Waals surface area contributed by atoms with Gasteiger partial charge in [-0.05, 0) is 54.7 Å². The van der Waals surface area contributed by atoms with Gasteiger partial charge in [0.2, 0.25) is 5.91 Å². The third kappa shape index (κ3) is 4.65. The average molecular weight is 304 g/mol. The molecule has 1 fully saturated rings. The highest BCUT2D eigenvalue weighted by Crippen LogP contribution is 2.39. The van der Waals surface area contributed by atoms with Gasteiger partial charge in [-0.15, -0.1) is 0 Å². The first kappa shape index (κ1) is 16.7. The third-order valence-electron chi connectivity index (χ3n) is 4.56. The third-order valence-corrected chi connectivity index (χ3v) is 4.56. The Hall–Kier alpha value is -1.71. The molecule has 0 aromatic heterocycles. The first-order chi connectivity index (χ1) is 10.4. The molecule has 0 saturated heterocycles. The zero-order valence-corrected chi connectivity index (χ0v) is 13.6. The second-order valence-electron chi connectivity index (χ2n) is 7.20. The van der Waals surface area contributed by atoms with Crippen molar-refractivity contribution in [3.8, 4) is 0 Å². The first-order valence-corrected chi connectivity index (χ1v) is 7.95. The van der Waals surface area contributed by atoms with Gasteiger partial charge in [-0.3, -0.25) is 4.79 Å². The Labute approximate surface area is 132 Å². The van der Waals surface area contributed by atoms with E-state index in [4.69, 9.17) is 0 Å². The highest BCUT2D eigenvalue weighted by Gasteiger charge is 2.32. The Morgan fingerprint density at radius 2 is 1.95 bits per heavy atom. The van der Waals surface area contributed by atoms with Gasteiger partial charge in [0, 0.05) is 5.92 Å². The second-order valence-corrected chi connectivity index (χ2v) is 7.20. The lowest BCUT2D eigenvalue weighted by Gasteiger charge is -2.36. The van der Waals surface area contributed by atoms with Crippen molar-refractivity contribution in [3.63, 3.8) is 0 Å². The summed E-state index contributed by atoms with van der Waals surface area (Å²) in [5.74, 6) is 0.395. The highest BCUT2D eigenvalue weighted by atomic mass is 19.1. The maximum Gasteiger partial charge on any atom is 0.243 e. The van der Waals surface area contributed by atoms with Crippen LogP contribution in [0.4, 0.5) is 4.39 Å². The molecule has 120 valence electrons. The molecule has 1 aromatic rings. The lowest BCUT2D eigenvalue weighted by molar-refractivity contribution is -0.126. The van der Waals surface area contributed by atoms with Crippen molar-refractivity contribution in [2.75, 3.05) is 0 Å². The molecule has 0 radical (unpaired) electrons. The molecular formula is C18H25FN2O. The minimum absolute atomic E-state index is 0.0278. The summed E-state index contributed by atoms with van der Waals surface area (Å²) in [7, 11) is 0. The molecule has 0 heterocycles. The van der Waals surface area contributed by atoms with Crippen LogP contribution in [0.3, 0.4) is 0 Å². The van der Waals surface area contributed by atoms with Crippen molar-refractivity contribution in [1.82, 2.24) is 5.43 Å². The fourth-order valence-electron chi connectivity index (χ4n) is 3.07. The van der Waals surface area contributed by atoms with E-state index in [2.05, 4.69) is 31.3 Å². The van der Waals surface area contributed by atoms with E-state index in [0.717, 1.165) is 25.7 Å². The summed E-state index contributed by atoms with van der Waals surface area (Å²) in [5, 5.41) is 3.93. The number of nitrogens with one attached hydrogen (secondary N) is 1. The van der Waals surface area contributed by atoms with Crippen LogP contribution in [0.2, 0.25) is 0 Å². The van der Waals surface area contributed by atoms with Crippen LogP contribution in [0.15, 0.2) is 29.4 Å². The predicted molar refractivity (Wildman–Crippen MR) is 87.0 cm³/mol. The molecule has 2 rings (SSSR count). The molecule has 22 heavy (non-hydrogen) atoms. The quantitative estimate of drug-likeness (QED) is 0.662. The van der Waals surface area contributed by atoms with Crippen molar-refractivity contribution in [2.24, 2.45) is 22.4 Å². The van der Waals surface area contributed by atoms with Gasteiger partial charge in [0.25, 0.3) is 0 Å². The minimum atomic E-state index is -0.309. The van der Waals surface area contributed by atoms with Gasteiger partial charge in [-0.1, -0.05) is 32.9 Å². The maximum absolute atomic E-state index is 13.0. The van der Waals surface area contributed by atoms with Gasteiger partial charge in [0.1, 0.15) is 5.82 Å². The van der Waals surface area contributed by atoms with Crippen LogP contribution in [0.1, 0.15) is 52.0 Å². The van der Waals surface area contributed by atoms with Crippen LogP contribution >= 0.6 is 0 Å². The number of rotatable bonds is 3. The standard InChI is InChI=1S/C18H25FN2O/c1-18(2,3)15-9-7-14(8-10-15)17(22)21-20-12-13-5-4-6-16(19)11-13/h4-6,11-12,14-15H,7-10H2,1-3H3,(H,21,22)/b20-12-. The molecule has 1 N–H and O–H groups in total. The van der Waals surface area contributed by atoms with E-state index in [1.54, 1.807) is 12.1 Å². The smallest absolute Gasteiger partial charge is 0.243 e. The predicted octanol–water partition coefficient (Wildman–Crippen LogP) is 4.13. The SMILES string of the molecule is CC(C)(C)C1CCC(C(=O)N/N=C\c2cccc(F)c2)CC1. The Bertz CT molecular complexity index is 540. The first-order valence-electron chi connectivity index (χ1n) is 7.95. The van der Waals surface area contributed by atoms with Crippen molar-refractivity contribution in [3.05, 3.63) is 35.6 Å². The number of hydrazone groups is 1. The van der Waals surface area contributed by atoms with Crippen LogP contribution in [0.25, 0.3) is 0 Å². The van der Waals surface area contributed by atoms with Gasteiger partial charge in [0.05, 0.1) is 6.21 Å². The van der Waals surface area contributed by atoms with Crippen LogP contribution < -0.4 is 5.43 Å². The molecular weight excluding hydrogens is 279 g/mol. The van der Waals surface area contributed by atoms with Gasteiger partial charge in [-0.2, -0.15) is 5.10 Å². The minimum Gasteiger partial charge on any atom is -0.273 e. The van der Waals surface area contributed by atoms with Gasteiger partial charge in [0.15, 0.2) is 0 Å². The molecule has 1 aliphatic rings. The molecule has 1 aliphatic carbocycles. The average Bonchev–Trinajstić information content (AvgIpc) is 2.46. The van der Waals surface area contributed by atoms with Gasteiger partial charge >= 0.3 is 0 Å². The number of halogens is 1. The Balaban J connectivity index is 1.81. The molecule has 1 saturated carbocycles. The molecule has 4 heteroatoms. The topological polar surface area (TPSA) is 41.5 Å². The molecule has 0 aliphatic heterocycles. The van der Waals surface area contributed by atoms with Crippen molar-refractivity contribution < 1.29 is 9.18 Å². The van der Waals surface area contributed by atoms with E-state index < -0.39 is 0 Å².